The minimum Gasteiger partial charge on any atom is -0.377 e. The Balaban J connectivity index is 1.28. The van der Waals surface area contributed by atoms with Crippen LogP contribution in [0.4, 0.5) is 0 Å². The van der Waals surface area contributed by atoms with E-state index in [0.717, 1.165) is 30.6 Å². The number of hydrogen-bond acceptors (Lipinski definition) is 5. The van der Waals surface area contributed by atoms with Gasteiger partial charge in [0.25, 0.3) is 0 Å². The normalized spacial score (nSPS) is 39.5. The Kier molecular flexibility index (Phi) is 5.48. The molecule has 1 aromatic rings. The van der Waals surface area contributed by atoms with Gasteiger partial charge in [-0.25, -0.2) is 16.8 Å². The molecular formula is C25H35NO5S2. The molecule has 7 rings (SSSR count). The van der Waals surface area contributed by atoms with E-state index in [0.29, 0.717) is 13.0 Å². The molecule has 4 bridgehead atoms. The molecule has 182 valence electrons. The van der Waals surface area contributed by atoms with Crippen molar-refractivity contribution in [3.8, 4) is 0 Å². The van der Waals surface area contributed by atoms with Crippen LogP contribution in [0, 0.1) is 17.8 Å². The Labute approximate surface area is 198 Å². The molecule has 1 aromatic carbocycles. The van der Waals surface area contributed by atoms with Crippen molar-refractivity contribution in [1.29, 1.82) is 0 Å². The fourth-order valence-corrected chi connectivity index (χ4v) is 11.5. The van der Waals surface area contributed by atoms with Crippen LogP contribution in [0.15, 0.2) is 29.2 Å². The van der Waals surface area contributed by atoms with Gasteiger partial charge in [0.15, 0.2) is 9.84 Å². The standard InChI is InChI=1S/C25H35NO5S2/c27-32(28)9-7-22(17-32)26(16-23-2-1-8-31-23)33(29,30)24-5-3-21(4-6-24)25-13-18-10-19(14-25)12-20(11-18)15-25/h3-6,18-20,22-23H,1-2,7-17H2/t18?,19?,20?,22-,23+,25?/m0/s1. The maximum Gasteiger partial charge on any atom is 0.243 e. The van der Waals surface area contributed by atoms with E-state index in [1.807, 2.05) is 0 Å². The second-order valence-corrected chi connectivity index (χ2v) is 15.6. The van der Waals surface area contributed by atoms with Gasteiger partial charge in [-0.2, -0.15) is 4.31 Å². The van der Waals surface area contributed by atoms with Crippen molar-refractivity contribution < 1.29 is 21.6 Å². The molecule has 33 heavy (non-hydrogen) atoms. The average molecular weight is 494 g/mol. The third kappa shape index (κ3) is 4.09. The van der Waals surface area contributed by atoms with Gasteiger partial charge in [0.05, 0.1) is 22.5 Å². The van der Waals surface area contributed by atoms with Gasteiger partial charge in [0.2, 0.25) is 10.0 Å². The van der Waals surface area contributed by atoms with Crippen LogP contribution in [0.2, 0.25) is 0 Å². The lowest BCUT2D eigenvalue weighted by Crippen LogP contribution is -2.48. The van der Waals surface area contributed by atoms with E-state index in [9.17, 15) is 16.8 Å². The van der Waals surface area contributed by atoms with Crippen LogP contribution in [-0.4, -0.2) is 57.9 Å². The molecule has 0 amide bonds. The Morgan fingerprint density at radius 3 is 2.12 bits per heavy atom. The first kappa shape index (κ1) is 22.5. The van der Waals surface area contributed by atoms with Gasteiger partial charge in [-0.15, -0.1) is 0 Å². The molecule has 2 saturated heterocycles. The van der Waals surface area contributed by atoms with Crippen LogP contribution in [0.3, 0.4) is 0 Å². The number of hydrogen-bond donors (Lipinski definition) is 0. The predicted octanol–water partition coefficient (Wildman–Crippen LogP) is 3.51. The van der Waals surface area contributed by atoms with Crippen molar-refractivity contribution in [2.24, 2.45) is 17.8 Å². The van der Waals surface area contributed by atoms with Crippen LogP contribution in [0.25, 0.3) is 0 Å². The molecule has 0 N–H and O–H groups in total. The molecule has 6 nitrogen and oxygen atoms in total. The van der Waals surface area contributed by atoms with E-state index in [-0.39, 0.29) is 34.5 Å². The summed E-state index contributed by atoms with van der Waals surface area (Å²) in [6, 6.07) is 7.14. The molecule has 6 aliphatic rings. The van der Waals surface area contributed by atoms with E-state index < -0.39 is 25.9 Å². The summed E-state index contributed by atoms with van der Waals surface area (Å²) in [6.07, 6.45) is 9.82. The number of ether oxygens (including phenoxy) is 1. The summed E-state index contributed by atoms with van der Waals surface area (Å²) in [7, 11) is -7.00. The average Bonchev–Trinajstić information content (AvgIpc) is 3.40. The monoisotopic (exact) mass is 493 g/mol. The molecule has 2 aliphatic heterocycles. The summed E-state index contributed by atoms with van der Waals surface area (Å²) in [6.45, 7) is 0.876. The van der Waals surface area contributed by atoms with Crippen LogP contribution in [0.1, 0.15) is 63.4 Å². The zero-order valence-corrected chi connectivity index (χ0v) is 20.8. The molecule has 6 fully saturated rings. The fraction of sp³-hybridized carbons (Fsp3) is 0.760. The van der Waals surface area contributed by atoms with E-state index in [1.165, 1.54) is 48.4 Å². The minimum atomic E-state index is -3.81. The summed E-state index contributed by atoms with van der Waals surface area (Å²) in [5.41, 5.74) is 1.53. The second-order valence-electron chi connectivity index (χ2n) is 11.5. The van der Waals surface area contributed by atoms with Crippen LogP contribution < -0.4 is 0 Å². The topological polar surface area (TPSA) is 80.8 Å². The molecule has 0 spiro atoms. The highest BCUT2D eigenvalue weighted by atomic mass is 32.2. The van der Waals surface area contributed by atoms with Crippen molar-refractivity contribution in [2.45, 2.75) is 80.2 Å². The van der Waals surface area contributed by atoms with Gasteiger partial charge < -0.3 is 4.74 Å². The maximum atomic E-state index is 13.8. The first-order valence-corrected chi connectivity index (χ1v) is 15.9. The zero-order chi connectivity index (χ0) is 22.8. The van der Waals surface area contributed by atoms with Crippen molar-refractivity contribution in [1.82, 2.24) is 4.31 Å². The Morgan fingerprint density at radius 1 is 0.970 bits per heavy atom. The molecule has 0 radical (unpaired) electrons. The first-order chi connectivity index (χ1) is 15.7. The lowest BCUT2D eigenvalue weighted by atomic mass is 9.48. The Hall–Kier alpha value is -0.960. The van der Waals surface area contributed by atoms with Gasteiger partial charge in [-0.3, -0.25) is 0 Å². The third-order valence-corrected chi connectivity index (χ3v) is 12.8. The van der Waals surface area contributed by atoms with E-state index in [1.54, 1.807) is 12.1 Å². The minimum absolute atomic E-state index is 0.0557. The quantitative estimate of drug-likeness (QED) is 0.606. The molecule has 0 unspecified atom stereocenters. The smallest absolute Gasteiger partial charge is 0.243 e. The predicted molar refractivity (Wildman–Crippen MR) is 126 cm³/mol. The second kappa shape index (κ2) is 8.04. The maximum absolute atomic E-state index is 13.8. The summed E-state index contributed by atoms with van der Waals surface area (Å²) in [5, 5.41) is 0. The Morgan fingerprint density at radius 2 is 1.61 bits per heavy atom. The molecule has 4 aliphatic carbocycles. The van der Waals surface area contributed by atoms with E-state index in [4.69, 9.17) is 4.74 Å². The molecule has 8 heteroatoms. The van der Waals surface area contributed by atoms with Gasteiger partial charge in [-0.1, -0.05) is 12.1 Å². The van der Waals surface area contributed by atoms with Crippen molar-refractivity contribution >= 4 is 19.9 Å². The summed E-state index contributed by atoms with van der Waals surface area (Å²) in [4.78, 5) is 0.276. The van der Waals surface area contributed by atoms with Gasteiger partial charge in [0.1, 0.15) is 0 Å². The number of nitrogens with zero attached hydrogens (tertiary/aromatic N) is 1. The highest BCUT2D eigenvalue weighted by Crippen LogP contribution is 2.60. The van der Waals surface area contributed by atoms with Crippen molar-refractivity contribution in [3.63, 3.8) is 0 Å². The van der Waals surface area contributed by atoms with Gasteiger partial charge >= 0.3 is 0 Å². The molecule has 0 aromatic heterocycles. The number of benzene rings is 1. The van der Waals surface area contributed by atoms with Gasteiger partial charge in [-0.05, 0) is 98.7 Å². The van der Waals surface area contributed by atoms with Crippen LogP contribution in [0.5, 0.6) is 0 Å². The number of sulfone groups is 1. The van der Waals surface area contributed by atoms with E-state index in [2.05, 4.69) is 12.1 Å². The number of sulfonamides is 1. The van der Waals surface area contributed by atoms with Crippen LogP contribution >= 0.6 is 0 Å². The largest absolute Gasteiger partial charge is 0.377 e. The molecule has 4 saturated carbocycles. The lowest BCUT2D eigenvalue weighted by molar-refractivity contribution is -0.00521. The first-order valence-electron chi connectivity index (χ1n) is 12.7. The summed E-state index contributed by atoms with van der Waals surface area (Å²) >= 11 is 0. The Bertz CT molecular complexity index is 1070. The molecular weight excluding hydrogens is 458 g/mol. The van der Waals surface area contributed by atoms with Gasteiger partial charge in [0, 0.05) is 19.2 Å². The third-order valence-electron chi connectivity index (χ3n) is 9.13. The highest BCUT2D eigenvalue weighted by Gasteiger charge is 2.51. The fourth-order valence-electron chi connectivity index (χ4n) is 8.02. The van der Waals surface area contributed by atoms with Crippen LogP contribution in [-0.2, 0) is 30.0 Å². The molecule has 2 heterocycles. The SMILES string of the molecule is O=S1(=O)CC[C@H](N(C[C@H]2CCCO2)S(=O)(=O)c2ccc(C34CC5CC(CC(C5)C3)C4)cc2)C1. The van der Waals surface area contributed by atoms with E-state index >= 15 is 0 Å². The zero-order valence-electron chi connectivity index (χ0n) is 19.2. The highest BCUT2D eigenvalue weighted by molar-refractivity contribution is 7.92. The lowest BCUT2D eigenvalue weighted by Gasteiger charge is -2.57. The van der Waals surface area contributed by atoms with Crippen molar-refractivity contribution in [3.05, 3.63) is 29.8 Å². The summed E-state index contributed by atoms with van der Waals surface area (Å²) < 4.78 is 59.0. The summed E-state index contributed by atoms with van der Waals surface area (Å²) in [5.74, 6) is 2.48. The number of rotatable bonds is 6. The van der Waals surface area contributed by atoms with Crippen molar-refractivity contribution in [2.75, 3.05) is 24.7 Å². The molecule has 2 atom stereocenters.